The fourth-order valence-electron chi connectivity index (χ4n) is 1.99. The summed E-state index contributed by atoms with van der Waals surface area (Å²) in [4.78, 5) is 12.2. The second-order valence-corrected chi connectivity index (χ2v) is 4.35. The molecule has 4 heteroatoms. The Kier molecular flexibility index (Phi) is 2.99. The molecule has 0 spiro atoms. The summed E-state index contributed by atoms with van der Waals surface area (Å²) in [5.74, 6) is 0.226. The van der Waals surface area contributed by atoms with Crippen molar-refractivity contribution in [3.05, 3.63) is 65.7 Å². The molecule has 0 saturated carbocycles. The van der Waals surface area contributed by atoms with Crippen LogP contribution in [0.1, 0.15) is 16.1 Å². The van der Waals surface area contributed by atoms with E-state index in [1.807, 2.05) is 6.07 Å². The molecule has 3 rings (SSSR count). The van der Waals surface area contributed by atoms with Crippen molar-refractivity contribution in [1.82, 2.24) is 0 Å². The van der Waals surface area contributed by atoms with Gasteiger partial charge in [-0.3, -0.25) is 4.79 Å². The molecule has 0 N–H and O–H groups in total. The molecule has 2 aromatic carbocycles. The minimum absolute atomic E-state index is 0.222. The highest BCUT2D eigenvalue weighted by Gasteiger charge is 2.15. The molecule has 0 atom stereocenters. The molecule has 0 amide bonds. The van der Waals surface area contributed by atoms with Gasteiger partial charge in [-0.15, -0.1) is 0 Å². The molecule has 0 saturated heterocycles. The van der Waals surface area contributed by atoms with Crippen LogP contribution in [0.5, 0.6) is 5.75 Å². The minimum Gasteiger partial charge on any atom is -0.497 e. The van der Waals surface area contributed by atoms with Crippen molar-refractivity contribution in [3.63, 3.8) is 0 Å². The number of hydrogen-bond acceptors (Lipinski definition) is 3. The normalized spacial score (nSPS) is 10.7. The Morgan fingerprint density at radius 1 is 1.10 bits per heavy atom. The topological polar surface area (TPSA) is 39.4 Å². The number of methoxy groups -OCH3 is 1. The average Bonchev–Trinajstić information content (AvgIpc) is 2.90. The van der Waals surface area contributed by atoms with Crippen LogP contribution in [0.25, 0.3) is 11.0 Å². The van der Waals surface area contributed by atoms with Gasteiger partial charge in [0.05, 0.1) is 7.11 Å². The summed E-state index contributed by atoms with van der Waals surface area (Å²) in [5, 5.41) is 0.816. The van der Waals surface area contributed by atoms with Crippen LogP contribution in [-0.2, 0) is 0 Å². The van der Waals surface area contributed by atoms with E-state index >= 15 is 0 Å². The summed E-state index contributed by atoms with van der Waals surface area (Å²) in [7, 11) is 1.56. The van der Waals surface area contributed by atoms with Gasteiger partial charge in [0.2, 0.25) is 5.78 Å². The van der Waals surface area contributed by atoms with Crippen LogP contribution in [0.15, 0.2) is 52.9 Å². The summed E-state index contributed by atoms with van der Waals surface area (Å²) in [6.45, 7) is 0. The first kappa shape index (κ1) is 12.4. The maximum absolute atomic E-state index is 12.9. The van der Waals surface area contributed by atoms with Crippen LogP contribution in [0.4, 0.5) is 4.39 Å². The molecule has 3 nitrogen and oxygen atoms in total. The standard InChI is InChI=1S/C16H11FO3/c1-19-13-7-4-11-8-15(20-14(11)9-13)16(18)10-2-5-12(17)6-3-10/h2-9H,1H3. The zero-order valence-corrected chi connectivity index (χ0v) is 10.7. The summed E-state index contributed by atoms with van der Waals surface area (Å²) >= 11 is 0. The number of ether oxygens (including phenoxy) is 1. The molecule has 20 heavy (non-hydrogen) atoms. The highest BCUT2D eigenvalue weighted by atomic mass is 19.1. The smallest absolute Gasteiger partial charge is 0.228 e. The molecular weight excluding hydrogens is 259 g/mol. The Balaban J connectivity index is 2.01. The molecule has 1 aromatic heterocycles. The van der Waals surface area contributed by atoms with Gasteiger partial charge in [0.25, 0.3) is 0 Å². The summed E-state index contributed by atoms with van der Waals surface area (Å²) in [6.07, 6.45) is 0. The van der Waals surface area contributed by atoms with Gasteiger partial charge in [-0.1, -0.05) is 0 Å². The molecule has 1 heterocycles. The minimum atomic E-state index is -0.379. The molecule has 0 aliphatic heterocycles. The average molecular weight is 270 g/mol. The van der Waals surface area contributed by atoms with Gasteiger partial charge in [0.1, 0.15) is 17.1 Å². The molecule has 3 aromatic rings. The quantitative estimate of drug-likeness (QED) is 0.679. The molecule has 0 aliphatic carbocycles. The molecule has 100 valence electrons. The van der Waals surface area contributed by atoms with Crippen molar-refractivity contribution in [2.45, 2.75) is 0 Å². The zero-order valence-electron chi connectivity index (χ0n) is 10.7. The van der Waals surface area contributed by atoms with Crippen molar-refractivity contribution in [2.75, 3.05) is 7.11 Å². The van der Waals surface area contributed by atoms with Gasteiger partial charge < -0.3 is 9.15 Å². The lowest BCUT2D eigenvalue weighted by Gasteiger charge is -1.97. The lowest BCUT2D eigenvalue weighted by atomic mass is 10.1. The largest absolute Gasteiger partial charge is 0.497 e. The van der Waals surface area contributed by atoms with Gasteiger partial charge in [0.15, 0.2) is 5.76 Å². The lowest BCUT2D eigenvalue weighted by Crippen LogP contribution is -1.99. The number of benzene rings is 2. The number of hydrogen-bond donors (Lipinski definition) is 0. The number of furan rings is 1. The van der Waals surface area contributed by atoms with Crippen molar-refractivity contribution < 1.29 is 18.3 Å². The van der Waals surface area contributed by atoms with E-state index in [-0.39, 0.29) is 17.4 Å². The van der Waals surface area contributed by atoms with E-state index < -0.39 is 0 Å². The van der Waals surface area contributed by atoms with Gasteiger partial charge >= 0.3 is 0 Å². The first-order valence-electron chi connectivity index (χ1n) is 6.05. The first-order valence-corrected chi connectivity index (χ1v) is 6.05. The first-order chi connectivity index (χ1) is 9.67. The van der Waals surface area contributed by atoms with Crippen LogP contribution in [0, 0.1) is 5.82 Å². The SMILES string of the molecule is COc1ccc2cc(C(=O)c3ccc(F)cc3)oc2c1. The Bertz CT molecular complexity index is 772. The Morgan fingerprint density at radius 3 is 2.55 bits per heavy atom. The fourth-order valence-corrected chi connectivity index (χ4v) is 1.99. The van der Waals surface area contributed by atoms with E-state index in [4.69, 9.17) is 9.15 Å². The third-order valence-electron chi connectivity index (χ3n) is 3.06. The molecular formula is C16H11FO3. The third kappa shape index (κ3) is 2.16. The monoisotopic (exact) mass is 270 g/mol. The van der Waals surface area contributed by atoms with E-state index in [1.165, 1.54) is 24.3 Å². The van der Waals surface area contributed by atoms with Crippen molar-refractivity contribution in [2.24, 2.45) is 0 Å². The van der Waals surface area contributed by atoms with E-state index in [1.54, 1.807) is 25.3 Å². The van der Waals surface area contributed by atoms with E-state index in [0.29, 0.717) is 16.9 Å². The van der Waals surface area contributed by atoms with Gasteiger partial charge in [0, 0.05) is 17.0 Å². The lowest BCUT2D eigenvalue weighted by molar-refractivity contribution is 0.101. The predicted molar refractivity (Wildman–Crippen MR) is 72.6 cm³/mol. The van der Waals surface area contributed by atoms with Crippen molar-refractivity contribution in [1.29, 1.82) is 0 Å². The highest BCUT2D eigenvalue weighted by Crippen LogP contribution is 2.25. The van der Waals surface area contributed by atoms with Crippen LogP contribution in [0.3, 0.4) is 0 Å². The molecule has 0 aliphatic rings. The molecule has 0 bridgehead atoms. The fraction of sp³-hybridized carbons (Fsp3) is 0.0625. The summed E-state index contributed by atoms with van der Waals surface area (Å²) in [6, 6.07) is 12.4. The van der Waals surface area contributed by atoms with Gasteiger partial charge in [-0.05, 0) is 42.5 Å². The summed E-state index contributed by atoms with van der Waals surface area (Å²) in [5.41, 5.74) is 0.965. The Morgan fingerprint density at radius 2 is 1.85 bits per heavy atom. The Labute approximate surface area is 114 Å². The molecule has 0 radical (unpaired) electrons. The predicted octanol–water partition coefficient (Wildman–Crippen LogP) is 3.81. The second kappa shape index (κ2) is 4.81. The maximum atomic E-state index is 12.9. The molecule has 0 unspecified atom stereocenters. The van der Waals surface area contributed by atoms with Crippen molar-refractivity contribution in [3.8, 4) is 5.75 Å². The van der Waals surface area contributed by atoms with Crippen molar-refractivity contribution >= 4 is 16.8 Å². The number of fused-ring (bicyclic) bond motifs is 1. The highest BCUT2D eigenvalue weighted by molar-refractivity contribution is 6.09. The van der Waals surface area contributed by atoms with Crippen LogP contribution in [-0.4, -0.2) is 12.9 Å². The van der Waals surface area contributed by atoms with E-state index in [9.17, 15) is 9.18 Å². The van der Waals surface area contributed by atoms with Crippen LogP contribution in [0.2, 0.25) is 0 Å². The summed E-state index contributed by atoms with van der Waals surface area (Å²) < 4.78 is 23.5. The molecule has 0 fully saturated rings. The maximum Gasteiger partial charge on any atom is 0.228 e. The second-order valence-electron chi connectivity index (χ2n) is 4.35. The van der Waals surface area contributed by atoms with E-state index in [0.717, 1.165) is 5.39 Å². The van der Waals surface area contributed by atoms with Gasteiger partial charge in [-0.2, -0.15) is 0 Å². The van der Waals surface area contributed by atoms with Crippen LogP contribution < -0.4 is 4.74 Å². The Hall–Kier alpha value is -2.62. The van der Waals surface area contributed by atoms with Crippen LogP contribution >= 0.6 is 0 Å². The number of carbonyl (C=O) groups excluding carboxylic acids is 1. The number of halogens is 1. The number of rotatable bonds is 3. The zero-order chi connectivity index (χ0) is 14.1. The number of carbonyl (C=O) groups is 1. The van der Waals surface area contributed by atoms with Gasteiger partial charge in [-0.25, -0.2) is 4.39 Å². The third-order valence-corrected chi connectivity index (χ3v) is 3.06. The van der Waals surface area contributed by atoms with E-state index in [2.05, 4.69) is 0 Å². The number of ketones is 1.